The number of hydrogen-bond acceptors (Lipinski definition) is 3. The number of carbonyl (C=O) groups is 1. The molecule has 0 heterocycles. The summed E-state index contributed by atoms with van der Waals surface area (Å²) in [5, 5.41) is 1.18. The topological polar surface area (TPSA) is 55.6 Å². The maximum atomic E-state index is 13.5. The standard InChI is InChI=1S/C24H23Cl3N2O2/c25-20-11-12-21(26)23(27)19(20)15-29(14-6-13-28)24(30)18-9-4-5-10-22(18)31-16-17-7-2-1-3-8-17/h1-5,7-12H,6,13-16,28H2. The fraction of sp³-hybridized carbons (Fsp3) is 0.208. The van der Waals surface area contributed by atoms with Gasteiger partial charge in [0.1, 0.15) is 12.4 Å². The lowest BCUT2D eigenvalue weighted by molar-refractivity contribution is 0.0737. The molecule has 0 fully saturated rings. The molecular formula is C24H23Cl3N2O2. The number of nitrogens with two attached hydrogens (primary N) is 1. The highest BCUT2D eigenvalue weighted by Gasteiger charge is 2.22. The average Bonchev–Trinajstić information content (AvgIpc) is 2.80. The molecule has 0 spiro atoms. The number of para-hydroxylation sites is 1. The first-order chi connectivity index (χ1) is 15.0. The highest BCUT2D eigenvalue weighted by Crippen LogP contribution is 2.33. The van der Waals surface area contributed by atoms with Crippen LogP contribution in [0.5, 0.6) is 5.75 Å². The summed E-state index contributed by atoms with van der Waals surface area (Å²) < 4.78 is 5.97. The number of ether oxygens (including phenoxy) is 1. The van der Waals surface area contributed by atoms with Gasteiger partial charge in [-0.1, -0.05) is 77.3 Å². The number of carbonyl (C=O) groups excluding carboxylic acids is 1. The van der Waals surface area contributed by atoms with Gasteiger partial charge in [-0.05, 0) is 42.8 Å². The fourth-order valence-corrected chi connectivity index (χ4v) is 3.78. The second kappa shape index (κ2) is 11.4. The molecule has 31 heavy (non-hydrogen) atoms. The van der Waals surface area contributed by atoms with Crippen LogP contribution in [0.15, 0.2) is 66.7 Å². The molecule has 0 saturated heterocycles. The molecule has 3 aromatic carbocycles. The Kier molecular flexibility index (Phi) is 8.61. The van der Waals surface area contributed by atoms with Crippen molar-refractivity contribution in [2.45, 2.75) is 19.6 Å². The molecular weight excluding hydrogens is 455 g/mol. The van der Waals surface area contributed by atoms with Crippen molar-refractivity contribution in [3.8, 4) is 5.75 Å². The highest BCUT2D eigenvalue weighted by molar-refractivity contribution is 6.44. The number of rotatable bonds is 9. The van der Waals surface area contributed by atoms with E-state index in [1.54, 1.807) is 29.2 Å². The first-order valence-corrected chi connectivity index (χ1v) is 11.0. The van der Waals surface area contributed by atoms with E-state index in [2.05, 4.69) is 0 Å². The number of nitrogens with zero attached hydrogens (tertiary/aromatic N) is 1. The van der Waals surface area contributed by atoms with Crippen molar-refractivity contribution in [1.29, 1.82) is 0 Å². The second-order valence-corrected chi connectivity index (χ2v) is 8.15. The largest absolute Gasteiger partial charge is 0.488 e. The van der Waals surface area contributed by atoms with Gasteiger partial charge in [0.05, 0.1) is 15.6 Å². The van der Waals surface area contributed by atoms with Crippen molar-refractivity contribution < 1.29 is 9.53 Å². The summed E-state index contributed by atoms with van der Waals surface area (Å²) in [7, 11) is 0. The third kappa shape index (κ3) is 6.14. The Morgan fingerprint density at radius 1 is 0.903 bits per heavy atom. The van der Waals surface area contributed by atoms with Crippen LogP contribution in [-0.2, 0) is 13.2 Å². The van der Waals surface area contributed by atoms with Gasteiger partial charge < -0.3 is 15.4 Å². The molecule has 162 valence electrons. The number of hydrogen-bond donors (Lipinski definition) is 1. The summed E-state index contributed by atoms with van der Waals surface area (Å²) in [5.74, 6) is 0.321. The summed E-state index contributed by atoms with van der Waals surface area (Å²) in [6.07, 6.45) is 0.634. The third-order valence-corrected chi connectivity index (χ3v) is 5.96. The minimum atomic E-state index is -0.191. The quantitative estimate of drug-likeness (QED) is 0.372. The zero-order chi connectivity index (χ0) is 22.2. The van der Waals surface area contributed by atoms with Crippen LogP contribution in [0.3, 0.4) is 0 Å². The van der Waals surface area contributed by atoms with Gasteiger partial charge in [-0.15, -0.1) is 0 Å². The van der Waals surface area contributed by atoms with E-state index in [0.717, 1.165) is 5.56 Å². The maximum absolute atomic E-state index is 13.5. The van der Waals surface area contributed by atoms with Crippen molar-refractivity contribution in [2.75, 3.05) is 13.1 Å². The molecule has 0 unspecified atom stereocenters. The summed E-state index contributed by atoms with van der Waals surface area (Å²) in [6, 6.07) is 20.3. The zero-order valence-electron chi connectivity index (χ0n) is 16.9. The average molecular weight is 478 g/mol. The molecule has 0 saturated carbocycles. The van der Waals surface area contributed by atoms with E-state index in [-0.39, 0.29) is 12.5 Å². The highest BCUT2D eigenvalue weighted by atomic mass is 35.5. The number of halogens is 3. The van der Waals surface area contributed by atoms with Crippen LogP contribution in [0.2, 0.25) is 15.1 Å². The predicted molar refractivity (Wildman–Crippen MR) is 127 cm³/mol. The minimum absolute atomic E-state index is 0.191. The summed E-state index contributed by atoms with van der Waals surface area (Å²) in [6.45, 7) is 1.47. The Balaban J connectivity index is 1.86. The summed E-state index contributed by atoms with van der Waals surface area (Å²) >= 11 is 18.9. The molecule has 0 aromatic heterocycles. The van der Waals surface area contributed by atoms with Gasteiger partial charge in [0.15, 0.2) is 0 Å². The Labute approximate surface area is 197 Å². The van der Waals surface area contributed by atoms with Crippen molar-refractivity contribution in [2.24, 2.45) is 5.73 Å². The molecule has 0 bridgehead atoms. The van der Waals surface area contributed by atoms with E-state index in [0.29, 0.717) is 58.1 Å². The zero-order valence-corrected chi connectivity index (χ0v) is 19.1. The van der Waals surface area contributed by atoms with Gasteiger partial charge in [0.2, 0.25) is 0 Å². The molecule has 0 aliphatic carbocycles. The van der Waals surface area contributed by atoms with E-state index in [4.69, 9.17) is 45.3 Å². The van der Waals surface area contributed by atoms with E-state index in [1.165, 1.54) is 0 Å². The van der Waals surface area contributed by atoms with Gasteiger partial charge in [0, 0.05) is 23.7 Å². The van der Waals surface area contributed by atoms with Crippen LogP contribution >= 0.6 is 34.8 Å². The first kappa shape index (κ1) is 23.4. The molecule has 3 aromatic rings. The Bertz CT molecular complexity index is 1030. The van der Waals surface area contributed by atoms with Gasteiger partial charge >= 0.3 is 0 Å². The maximum Gasteiger partial charge on any atom is 0.257 e. The van der Waals surface area contributed by atoms with Gasteiger partial charge in [-0.25, -0.2) is 0 Å². The predicted octanol–water partition coefficient (Wildman–Crippen LogP) is 6.22. The number of amides is 1. The van der Waals surface area contributed by atoms with Crippen LogP contribution in [0, 0.1) is 0 Å². The van der Waals surface area contributed by atoms with Crippen molar-refractivity contribution in [3.63, 3.8) is 0 Å². The lowest BCUT2D eigenvalue weighted by Crippen LogP contribution is -2.33. The monoisotopic (exact) mass is 476 g/mol. The fourth-order valence-electron chi connectivity index (χ4n) is 3.11. The Morgan fingerprint density at radius 3 is 2.32 bits per heavy atom. The SMILES string of the molecule is NCCCN(Cc1c(Cl)ccc(Cl)c1Cl)C(=O)c1ccccc1OCc1ccccc1. The molecule has 0 aliphatic rings. The van der Waals surface area contributed by atoms with E-state index >= 15 is 0 Å². The Morgan fingerprint density at radius 2 is 1.58 bits per heavy atom. The molecule has 0 radical (unpaired) electrons. The Hall–Kier alpha value is -2.24. The van der Waals surface area contributed by atoms with Gasteiger partial charge in [0.25, 0.3) is 5.91 Å². The molecule has 0 aliphatic heterocycles. The molecule has 7 heteroatoms. The van der Waals surface area contributed by atoms with Gasteiger partial charge in [-0.2, -0.15) is 0 Å². The van der Waals surface area contributed by atoms with Crippen molar-refractivity contribution >= 4 is 40.7 Å². The van der Waals surface area contributed by atoms with Crippen molar-refractivity contribution in [3.05, 3.63) is 98.5 Å². The molecule has 2 N–H and O–H groups in total. The van der Waals surface area contributed by atoms with Crippen LogP contribution < -0.4 is 10.5 Å². The van der Waals surface area contributed by atoms with Gasteiger partial charge in [-0.3, -0.25) is 4.79 Å². The lowest BCUT2D eigenvalue weighted by Gasteiger charge is -2.25. The molecule has 3 rings (SSSR count). The number of benzene rings is 3. The van der Waals surface area contributed by atoms with Crippen LogP contribution in [-0.4, -0.2) is 23.9 Å². The molecule has 1 amide bonds. The summed E-state index contributed by atoms with van der Waals surface area (Å²) in [5.41, 5.74) is 7.78. The van der Waals surface area contributed by atoms with E-state index in [9.17, 15) is 4.79 Å². The normalized spacial score (nSPS) is 10.7. The second-order valence-electron chi connectivity index (χ2n) is 6.96. The van der Waals surface area contributed by atoms with Crippen LogP contribution in [0.25, 0.3) is 0 Å². The third-order valence-electron chi connectivity index (χ3n) is 4.76. The van der Waals surface area contributed by atoms with Crippen LogP contribution in [0.1, 0.15) is 27.9 Å². The van der Waals surface area contributed by atoms with E-state index < -0.39 is 0 Å². The molecule has 4 nitrogen and oxygen atoms in total. The van der Waals surface area contributed by atoms with Crippen molar-refractivity contribution in [1.82, 2.24) is 4.90 Å². The minimum Gasteiger partial charge on any atom is -0.488 e. The van der Waals surface area contributed by atoms with Crippen LogP contribution in [0.4, 0.5) is 0 Å². The first-order valence-electron chi connectivity index (χ1n) is 9.88. The smallest absolute Gasteiger partial charge is 0.257 e. The summed E-state index contributed by atoms with van der Waals surface area (Å²) in [4.78, 5) is 15.1. The van der Waals surface area contributed by atoms with E-state index in [1.807, 2.05) is 42.5 Å². The molecule has 0 atom stereocenters. The lowest BCUT2D eigenvalue weighted by atomic mass is 10.1.